The Balaban J connectivity index is 2.01. The zero-order chi connectivity index (χ0) is 16.8. The van der Waals surface area contributed by atoms with E-state index in [4.69, 9.17) is 17.0 Å². The van der Waals surface area contributed by atoms with Crippen molar-refractivity contribution in [3.05, 3.63) is 34.6 Å². The van der Waals surface area contributed by atoms with Gasteiger partial charge in [0.05, 0.1) is 12.8 Å². The van der Waals surface area contributed by atoms with Crippen LogP contribution in [0.15, 0.2) is 22.7 Å². The molecule has 0 saturated carbocycles. The van der Waals surface area contributed by atoms with E-state index in [1.165, 1.54) is 0 Å². The van der Waals surface area contributed by atoms with Crippen LogP contribution >= 0.6 is 23.6 Å². The molecule has 0 radical (unpaired) electrons. The van der Waals surface area contributed by atoms with Crippen LogP contribution in [0.5, 0.6) is 0 Å². The van der Waals surface area contributed by atoms with Crippen LogP contribution in [0.4, 0.5) is 0 Å². The highest BCUT2D eigenvalue weighted by Crippen LogP contribution is 2.21. The Bertz CT molecular complexity index is 678. The number of nitrogens with zero attached hydrogens (tertiary/aromatic N) is 3. The Labute approximate surface area is 145 Å². The van der Waals surface area contributed by atoms with Gasteiger partial charge in [0.15, 0.2) is 10.2 Å². The number of thiocarbonyl (C=S) groups is 1. The molecule has 0 aliphatic heterocycles. The van der Waals surface area contributed by atoms with E-state index >= 15 is 0 Å². The van der Waals surface area contributed by atoms with Gasteiger partial charge in [-0.3, -0.25) is 9.99 Å². The second kappa shape index (κ2) is 8.19. The van der Waals surface area contributed by atoms with Crippen molar-refractivity contribution < 1.29 is 4.74 Å². The van der Waals surface area contributed by atoms with Gasteiger partial charge in [-0.25, -0.2) is 4.98 Å². The number of hydrogen-bond acceptors (Lipinski definition) is 5. The zero-order valence-corrected chi connectivity index (χ0v) is 15.3. The minimum atomic E-state index is 0.130. The standard InChI is InChI=1S/C15H21N5OS2/c1-10(9-21-4)18-14(22)19-17-8-13-7-11(2)20(12(13)3)15-16-5-6-23-15/h5-8,10H,9H2,1-4H3,(H2,18,19,22)/b17-8-/t10-/m1/s1. The first kappa shape index (κ1) is 17.6. The van der Waals surface area contributed by atoms with Crippen molar-refractivity contribution in [1.82, 2.24) is 20.3 Å². The fraction of sp³-hybridized carbons (Fsp3) is 0.400. The Hall–Kier alpha value is -1.77. The van der Waals surface area contributed by atoms with Crippen LogP contribution in [0.1, 0.15) is 23.9 Å². The highest BCUT2D eigenvalue weighted by molar-refractivity contribution is 7.80. The van der Waals surface area contributed by atoms with Crippen molar-refractivity contribution in [1.29, 1.82) is 0 Å². The van der Waals surface area contributed by atoms with Gasteiger partial charge in [0.2, 0.25) is 0 Å². The van der Waals surface area contributed by atoms with Crippen LogP contribution in [0.25, 0.3) is 5.13 Å². The molecule has 2 heterocycles. The smallest absolute Gasteiger partial charge is 0.193 e. The van der Waals surface area contributed by atoms with Crippen molar-refractivity contribution >= 4 is 34.9 Å². The average molecular weight is 352 g/mol. The number of aryl methyl sites for hydroxylation is 1. The van der Waals surface area contributed by atoms with E-state index in [1.807, 2.05) is 19.2 Å². The maximum absolute atomic E-state index is 5.18. The van der Waals surface area contributed by atoms with E-state index in [0.29, 0.717) is 11.7 Å². The molecule has 0 aromatic carbocycles. The maximum atomic E-state index is 5.18. The predicted octanol–water partition coefficient (Wildman–Crippen LogP) is 2.38. The number of rotatable bonds is 6. The first-order chi connectivity index (χ1) is 11.0. The minimum Gasteiger partial charge on any atom is -0.383 e. The van der Waals surface area contributed by atoms with Gasteiger partial charge in [0, 0.05) is 41.7 Å². The molecule has 0 saturated heterocycles. The molecule has 0 bridgehead atoms. The van der Waals surface area contributed by atoms with E-state index < -0.39 is 0 Å². The number of nitrogens with one attached hydrogen (secondary N) is 2. The van der Waals surface area contributed by atoms with Crippen LogP contribution in [0.2, 0.25) is 0 Å². The van der Waals surface area contributed by atoms with Gasteiger partial charge in [-0.15, -0.1) is 11.3 Å². The van der Waals surface area contributed by atoms with Crippen LogP contribution in [0, 0.1) is 13.8 Å². The van der Waals surface area contributed by atoms with E-state index in [2.05, 4.69) is 38.4 Å². The fourth-order valence-electron chi connectivity index (χ4n) is 2.25. The molecule has 2 aromatic heterocycles. The first-order valence-corrected chi connectivity index (χ1v) is 8.49. The number of hydrazone groups is 1. The third-order valence-electron chi connectivity index (χ3n) is 3.24. The lowest BCUT2D eigenvalue weighted by atomic mass is 10.3. The largest absolute Gasteiger partial charge is 0.383 e. The van der Waals surface area contributed by atoms with Crippen LogP contribution in [0.3, 0.4) is 0 Å². The van der Waals surface area contributed by atoms with Crippen molar-refractivity contribution in [2.24, 2.45) is 5.10 Å². The highest BCUT2D eigenvalue weighted by Gasteiger charge is 2.11. The van der Waals surface area contributed by atoms with Crippen LogP contribution in [-0.2, 0) is 4.74 Å². The summed E-state index contributed by atoms with van der Waals surface area (Å²) in [6, 6.07) is 2.21. The molecule has 8 heteroatoms. The molecule has 23 heavy (non-hydrogen) atoms. The normalized spacial score (nSPS) is 12.5. The Morgan fingerprint density at radius 2 is 2.35 bits per heavy atom. The summed E-state index contributed by atoms with van der Waals surface area (Å²) in [5.41, 5.74) is 6.06. The lowest BCUT2D eigenvalue weighted by Crippen LogP contribution is -2.40. The van der Waals surface area contributed by atoms with E-state index in [-0.39, 0.29) is 6.04 Å². The molecule has 1 atom stereocenters. The fourth-order valence-corrected chi connectivity index (χ4v) is 3.25. The quantitative estimate of drug-likeness (QED) is 0.475. The summed E-state index contributed by atoms with van der Waals surface area (Å²) in [7, 11) is 1.66. The molecule has 2 N–H and O–H groups in total. The minimum absolute atomic E-state index is 0.130. The molecular formula is C15H21N5OS2. The summed E-state index contributed by atoms with van der Waals surface area (Å²) >= 11 is 6.79. The van der Waals surface area contributed by atoms with E-state index in [1.54, 1.807) is 30.9 Å². The Kier molecular flexibility index (Phi) is 6.26. The lowest BCUT2D eigenvalue weighted by Gasteiger charge is -2.13. The van der Waals surface area contributed by atoms with E-state index in [0.717, 1.165) is 22.1 Å². The molecule has 0 amide bonds. The molecule has 2 rings (SSSR count). The number of thiazole rings is 1. The monoisotopic (exact) mass is 351 g/mol. The zero-order valence-electron chi connectivity index (χ0n) is 13.7. The van der Waals surface area contributed by atoms with Gasteiger partial charge >= 0.3 is 0 Å². The molecule has 0 aliphatic rings. The number of ether oxygens (including phenoxy) is 1. The summed E-state index contributed by atoms with van der Waals surface area (Å²) in [5.74, 6) is 0. The number of methoxy groups -OCH3 is 1. The summed E-state index contributed by atoms with van der Waals surface area (Å²) in [5, 5.41) is 10.7. The van der Waals surface area contributed by atoms with Gasteiger partial charge < -0.3 is 10.1 Å². The summed E-state index contributed by atoms with van der Waals surface area (Å²) < 4.78 is 7.16. The Morgan fingerprint density at radius 1 is 1.57 bits per heavy atom. The van der Waals surface area contributed by atoms with Crippen molar-refractivity contribution in [3.8, 4) is 5.13 Å². The SMILES string of the molecule is COC[C@@H](C)NC(=S)N/N=C\c1cc(C)n(-c2nccs2)c1C. The second-order valence-electron chi connectivity index (χ2n) is 5.18. The van der Waals surface area contributed by atoms with Crippen molar-refractivity contribution in [2.75, 3.05) is 13.7 Å². The maximum Gasteiger partial charge on any atom is 0.193 e. The molecule has 6 nitrogen and oxygen atoms in total. The first-order valence-electron chi connectivity index (χ1n) is 7.20. The second-order valence-corrected chi connectivity index (χ2v) is 6.46. The Morgan fingerprint density at radius 3 is 3.00 bits per heavy atom. The number of aromatic nitrogens is 2. The van der Waals surface area contributed by atoms with Crippen molar-refractivity contribution in [3.63, 3.8) is 0 Å². The highest BCUT2D eigenvalue weighted by atomic mass is 32.1. The third kappa shape index (κ3) is 4.60. The molecule has 2 aromatic rings. The number of hydrogen-bond donors (Lipinski definition) is 2. The topological polar surface area (TPSA) is 63.5 Å². The summed E-state index contributed by atoms with van der Waals surface area (Å²) in [6.45, 7) is 6.67. The molecule has 0 spiro atoms. The van der Waals surface area contributed by atoms with Crippen molar-refractivity contribution in [2.45, 2.75) is 26.8 Å². The molecule has 124 valence electrons. The average Bonchev–Trinajstić information content (AvgIpc) is 3.08. The lowest BCUT2D eigenvalue weighted by molar-refractivity contribution is 0.179. The summed E-state index contributed by atoms with van der Waals surface area (Å²) in [6.07, 6.45) is 3.57. The van der Waals surface area contributed by atoms with Gasteiger partial charge in [0.1, 0.15) is 0 Å². The third-order valence-corrected chi connectivity index (χ3v) is 4.21. The molecule has 0 unspecified atom stereocenters. The molecular weight excluding hydrogens is 330 g/mol. The van der Waals surface area contributed by atoms with Crippen LogP contribution in [-0.4, -0.2) is 40.6 Å². The molecule has 0 aliphatic carbocycles. The summed E-state index contributed by atoms with van der Waals surface area (Å²) in [4.78, 5) is 4.36. The van der Waals surface area contributed by atoms with E-state index in [9.17, 15) is 0 Å². The van der Waals surface area contributed by atoms with Gasteiger partial charge in [0.25, 0.3) is 0 Å². The van der Waals surface area contributed by atoms with Gasteiger partial charge in [-0.1, -0.05) is 0 Å². The predicted molar refractivity (Wildman–Crippen MR) is 98.7 cm³/mol. The molecule has 0 fully saturated rings. The van der Waals surface area contributed by atoms with Crippen LogP contribution < -0.4 is 10.7 Å². The van der Waals surface area contributed by atoms with Gasteiger partial charge in [-0.2, -0.15) is 5.10 Å². The van der Waals surface area contributed by atoms with Gasteiger partial charge in [-0.05, 0) is 39.1 Å².